The number of carboxylic acid groups (broad SMARTS) is 1. The fraction of sp³-hybridized carbons (Fsp3) is 0.545. The third kappa shape index (κ3) is 2.77. The minimum absolute atomic E-state index is 0.0880. The summed E-state index contributed by atoms with van der Waals surface area (Å²) in [5.74, 6) is -2.01. The number of nitrogens with zero attached hydrogens (tertiary/aromatic N) is 3. The lowest BCUT2D eigenvalue weighted by molar-refractivity contribution is -0.144. The van der Waals surface area contributed by atoms with Crippen molar-refractivity contribution in [1.29, 1.82) is 0 Å². The molecule has 8 nitrogen and oxygen atoms in total. The van der Waals surface area contributed by atoms with E-state index in [1.165, 1.54) is 0 Å². The summed E-state index contributed by atoms with van der Waals surface area (Å²) in [6.07, 6.45) is 1.39. The second kappa shape index (κ2) is 5.95. The SMILES string of the molecule is CCCc1nnsc1C(=O)N1CC(=O)NCC1C(=O)O. The van der Waals surface area contributed by atoms with E-state index in [9.17, 15) is 14.4 Å². The molecular formula is C11H14N4O4S. The van der Waals surface area contributed by atoms with Crippen molar-refractivity contribution in [2.75, 3.05) is 13.1 Å². The van der Waals surface area contributed by atoms with Gasteiger partial charge in [-0.25, -0.2) is 4.79 Å². The van der Waals surface area contributed by atoms with Gasteiger partial charge >= 0.3 is 5.97 Å². The Morgan fingerprint density at radius 2 is 2.30 bits per heavy atom. The number of carboxylic acids is 1. The van der Waals surface area contributed by atoms with Gasteiger partial charge in [-0.15, -0.1) is 5.10 Å². The highest BCUT2D eigenvalue weighted by molar-refractivity contribution is 7.08. The van der Waals surface area contributed by atoms with Crippen LogP contribution < -0.4 is 5.32 Å². The number of nitrogens with one attached hydrogen (secondary N) is 1. The van der Waals surface area contributed by atoms with Gasteiger partial charge in [-0.2, -0.15) is 0 Å². The Balaban J connectivity index is 2.26. The quantitative estimate of drug-likeness (QED) is 0.776. The molecule has 0 bridgehead atoms. The van der Waals surface area contributed by atoms with Crippen LogP contribution in [0.15, 0.2) is 0 Å². The van der Waals surface area contributed by atoms with E-state index in [2.05, 4.69) is 14.9 Å². The molecule has 0 spiro atoms. The number of piperazine rings is 1. The van der Waals surface area contributed by atoms with Crippen molar-refractivity contribution in [3.8, 4) is 0 Å². The number of aryl methyl sites for hydroxylation is 1. The Bertz CT molecular complexity index is 544. The van der Waals surface area contributed by atoms with Gasteiger partial charge in [0, 0.05) is 6.54 Å². The summed E-state index contributed by atoms with van der Waals surface area (Å²) in [6, 6.07) is -1.06. The third-order valence-corrected chi connectivity index (χ3v) is 3.72. The molecule has 1 unspecified atom stereocenters. The van der Waals surface area contributed by atoms with Crippen LogP contribution in [0.25, 0.3) is 0 Å². The summed E-state index contributed by atoms with van der Waals surface area (Å²) < 4.78 is 3.74. The first-order chi connectivity index (χ1) is 9.54. The van der Waals surface area contributed by atoms with Gasteiger partial charge in [-0.05, 0) is 18.0 Å². The molecule has 1 fully saturated rings. The molecule has 1 saturated heterocycles. The number of aliphatic carboxylic acids is 1. The zero-order valence-electron chi connectivity index (χ0n) is 10.8. The number of carbonyl (C=O) groups is 3. The summed E-state index contributed by atoms with van der Waals surface area (Å²) >= 11 is 0.929. The van der Waals surface area contributed by atoms with Crippen molar-refractivity contribution < 1.29 is 19.5 Å². The number of amides is 2. The van der Waals surface area contributed by atoms with Crippen molar-refractivity contribution >= 4 is 29.3 Å². The van der Waals surface area contributed by atoms with Crippen LogP contribution in [0.1, 0.15) is 28.7 Å². The second-order valence-electron chi connectivity index (χ2n) is 4.39. The van der Waals surface area contributed by atoms with Crippen molar-refractivity contribution in [3.63, 3.8) is 0 Å². The van der Waals surface area contributed by atoms with E-state index in [1.807, 2.05) is 6.92 Å². The van der Waals surface area contributed by atoms with Crippen molar-refractivity contribution in [2.45, 2.75) is 25.8 Å². The van der Waals surface area contributed by atoms with Gasteiger partial charge in [0.25, 0.3) is 5.91 Å². The maximum Gasteiger partial charge on any atom is 0.328 e. The van der Waals surface area contributed by atoms with E-state index in [-0.39, 0.29) is 19.0 Å². The first-order valence-electron chi connectivity index (χ1n) is 6.16. The maximum atomic E-state index is 12.4. The molecule has 1 aliphatic rings. The molecule has 2 amide bonds. The van der Waals surface area contributed by atoms with Gasteiger partial charge in [0.2, 0.25) is 5.91 Å². The molecule has 1 atom stereocenters. The van der Waals surface area contributed by atoms with Gasteiger partial charge in [0.1, 0.15) is 17.5 Å². The summed E-state index contributed by atoms with van der Waals surface area (Å²) in [4.78, 5) is 36.4. The minimum Gasteiger partial charge on any atom is -0.480 e. The van der Waals surface area contributed by atoms with Gasteiger partial charge < -0.3 is 15.3 Å². The molecule has 0 aliphatic carbocycles. The van der Waals surface area contributed by atoms with E-state index in [4.69, 9.17) is 5.11 Å². The lowest BCUT2D eigenvalue weighted by Gasteiger charge is -2.32. The molecule has 108 valence electrons. The van der Waals surface area contributed by atoms with Crippen LogP contribution in [0, 0.1) is 0 Å². The largest absolute Gasteiger partial charge is 0.480 e. The number of hydrogen-bond donors (Lipinski definition) is 2. The van der Waals surface area contributed by atoms with Gasteiger partial charge in [0.05, 0.1) is 5.69 Å². The van der Waals surface area contributed by atoms with E-state index in [1.54, 1.807) is 0 Å². The van der Waals surface area contributed by atoms with E-state index in [0.717, 1.165) is 22.9 Å². The number of rotatable bonds is 4. The van der Waals surface area contributed by atoms with E-state index < -0.39 is 17.9 Å². The first kappa shape index (κ1) is 14.4. The monoisotopic (exact) mass is 298 g/mol. The summed E-state index contributed by atoms with van der Waals surface area (Å²) in [5, 5.41) is 15.5. The fourth-order valence-electron chi connectivity index (χ4n) is 1.98. The van der Waals surface area contributed by atoms with Gasteiger partial charge in [0.15, 0.2) is 0 Å². The number of aromatic nitrogens is 2. The molecule has 20 heavy (non-hydrogen) atoms. The molecule has 1 aliphatic heterocycles. The van der Waals surface area contributed by atoms with Crippen LogP contribution >= 0.6 is 11.5 Å². The second-order valence-corrected chi connectivity index (χ2v) is 5.14. The van der Waals surface area contributed by atoms with Crippen LogP contribution in [-0.2, 0) is 16.0 Å². The standard InChI is InChI=1S/C11H14N4O4S/c1-2-3-6-9(20-14-13-6)10(17)15-5-8(16)12-4-7(15)11(18)19/h7H,2-5H2,1H3,(H,12,16)(H,18,19). The normalized spacial score (nSPS) is 18.8. The molecular weight excluding hydrogens is 284 g/mol. The molecule has 2 N–H and O–H groups in total. The van der Waals surface area contributed by atoms with E-state index >= 15 is 0 Å². The van der Waals surface area contributed by atoms with Gasteiger partial charge in [-0.1, -0.05) is 17.8 Å². The number of carbonyl (C=O) groups excluding carboxylic acids is 2. The molecule has 1 aromatic rings. The van der Waals surface area contributed by atoms with Crippen LogP contribution in [-0.4, -0.2) is 56.5 Å². The summed E-state index contributed by atoms with van der Waals surface area (Å²) in [6.45, 7) is 1.59. The highest BCUT2D eigenvalue weighted by atomic mass is 32.1. The van der Waals surface area contributed by atoms with Crippen LogP contribution in [0.4, 0.5) is 0 Å². The molecule has 9 heteroatoms. The van der Waals surface area contributed by atoms with Crippen molar-refractivity contribution in [1.82, 2.24) is 19.8 Å². The number of hydrogen-bond acceptors (Lipinski definition) is 6. The predicted molar refractivity (Wildman–Crippen MR) is 69.4 cm³/mol. The Morgan fingerprint density at radius 3 is 2.95 bits per heavy atom. The molecule has 2 rings (SSSR count). The Hall–Kier alpha value is -2.03. The Morgan fingerprint density at radius 1 is 1.55 bits per heavy atom. The molecule has 2 heterocycles. The molecule has 0 aromatic carbocycles. The fourth-order valence-corrected chi connectivity index (χ4v) is 2.64. The molecule has 0 radical (unpaired) electrons. The molecule has 0 saturated carbocycles. The van der Waals surface area contributed by atoms with Crippen LogP contribution in [0.5, 0.6) is 0 Å². The first-order valence-corrected chi connectivity index (χ1v) is 6.93. The average molecular weight is 298 g/mol. The minimum atomic E-state index is -1.15. The topological polar surface area (TPSA) is 112 Å². The van der Waals surface area contributed by atoms with Crippen LogP contribution in [0.2, 0.25) is 0 Å². The van der Waals surface area contributed by atoms with Crippen molar-refractivity contribution in [2.24, 2.45) is 0 Å². The van der Waals surface area contributed by atoms with E-state index in [0.29, 0.717) is 17.0 Å². The van der Waals surface area contributed by atoms with Crippen molar-refractivity contribution in [3.05, 3.63) is 10.6 Å². The maximum absolute atomic E-state index is 12.4. The predicted octanol–water partition coefficient (Wildman–Crippen LogP) is -0.484. The highest BCUT2D eigenvalue weighted by Gasteiger charge is 2.37. The zero-order valence-corrected chi connectivity index (χ0v) is 11.6. The summed E-state index contributed by atoms with van der Waals surface area (Å²) in [7, 11) is 0. The average Bonchev–Trinajstić information content (AvgIpc) is 2.86. The van der Waals surface area contributed by atoms with Crippen LogP contribution in [0.3, 0.4) is 0 Å². The zero-order chi connectivity index (χ0) is 14.7. The van der Waals surface area contributed by atoms with Gasteiger partial charge in [-0.3, -0.25) is 9.59 Å². The lowest BCUT2D eigenvalue weighted by atomic mass is 10.1. The summed E-state index contributed by atoms with van der Waals surface area (Å²) in [5.41, 5.74) is 0.553. The Labute approximate surface area is 118 Å². The molecule has 1 aromatic heterocycles. The highest BCUT2D eigenvalue weighted by Crippen LogP contribution is 2.18. The lowest BCUT2D eigenvalue weighted by Crippen LogP contribution is -2.59. The third-order valence-electron chi connectivity index (χ3n) is 2.97. The smallest absolute Gasteiger partial charge is 0.328 e. The Kier molecular flexibility index (Phi) is 4.28.